The summed E-state index contributed by atoms with van der Waals surface area (Å²) in [7, 11) is 0. The highest BCUT2D eigenvalue weighted by Crippen LogP contribution is 2.45. The Balaban J connectivity index is 1.50. The highest BCUT2D eigenvalue weighted by Gasteiger charge is 2.45. The molecular weight excluding hydrogens is 282 g/mol. The number of carbonyl (C=O) groups is 2. The van der Waals surface area contributed by atoms with Crippen LogP contribution in [-0.4, -0.2) is 23.2 Å². The van der Waals surface area contributed by atoms with E-state index in [0.717, 1.165) is 24.8 Å². The molecule has 1 aromatic carbocycles. The van der Waals surface area contributed by atoms with Gasteiger partial charge < -0.3 is 15.2 Å². The lowest BCUT2D eigenvalue weighted by atomic mass is 9.62. The SMILES string of the molecule is O=C(N[C@@H]1C[C@H]2CC[C@@H]1C[C@H]2C(=O)O)OCc1ccccc1. The molecule has 2 bridgehead atoms. The van der Waals surface area contributed by atoms with Crippen molar-refractivity contribution in [2.75, 3.05) is 0 Å². The molecule has 5 nitrogen and oxygen atoms in total. The van der Waals surface area contributed by atoms with Gasteiger partial charge >= 0.3 is 12.1 Å². The number of ether oxygens (including phenoxy) is 1. The molecule has 4 rings (SSSR count). The molecule has 0 aliphatic heterocycles. The molecule has 22 heavy (non-hydrogen) atoms. The zero-order valence-electron chi connectivity index (χ0n) is 12.4. The highest BCUT2D eigenvalue weighted by molar-refractivity contribution is 5.71. The van der Waals surface area contributed by atoms with Crippen LogP contribution in [-0.2, 0) is 16.1 Å². The average Bonchev–Trinajstić information content (AvgIpc) is 2.54. The summed E-state index contributed by atoms with van der Waals surface area (Å²) in [5, 5.41) is 12.2. The minimum atomic E-state index is -0.695. The molecule has 0 spiro atoms. The number of hydrogen-bond acceptors (Lipinski definition) is 3. The second-order valence-electron chi connectivity index (χ2n) is 6.33. The van der Waals surface area contributed by atoms with Gasteiger partial charge in [0.15, 0.2) is 0 Å². The van der Waals surface area contributed by atoms with E-state index in [4.69, 9.17) is 4.74 Å². The largest absolute Gasteiger partial charge is 0.481 e. The Morgan fingerprint density at radius 1 is 1.14 bits per heavy atom. The molecule has 0 heterocycles. The number of hydrogen-bond donors (Lipinski definition) is 2. The molecular formula is C17H21NO4. The van der Waals surface area contributed by atoms with Crippen LogP contribution in [0.15, 0.2) is 30.3 Å². The van der Waals surface area contributed by atoms with Gasteiger partial charge in [-0.25, -0.2) is 4.79 Å². The van der Waals surface area contributed by atoms with Crippen molar-refractivity contribution in [1.29, 1.82) is 0 Å². The predicted molar refractivity (Wildman–Crippen MR) is 80.1 cm³/mol. The highest BCUT2D eigenvalue weighted by atomic mass is 16.5. The number of nitrogens with one attached hydrogen (secondary N) is 1. The van der Waals surface area contributed by atoms with E-state index in [1.807, 2.05) is 30.3 Å². The summed E-state index contributed by atoms with van der Waals surface area (Å²) in [5.41, 5.74) is 0.953. The van der Waals surface area contributed by atoms with Crippen LogP contribution in [0, 0.1) is 17.8 Å². The molecule has 0 saturated heterocycles. The van der Waals surface area contributed by atoms with Gasteiger partial charge in [-0.05, 0) is 43.1 Å². The van der Waals surface area contributed by atoms with E-state index < -0.39 is 12.1 Å². The van der Waals surface area contributed by atoms with Crippen LogP contribution in [0.1, 0.15) is 31.2 Å². The Bertz CT molecular complexity index is 545. The van der Waals surface area contributed by atoms with Crippen LogP contribution in [0.3, 0.4) is 0 Å². The van der Waals surface area contributed by atoms with Gasteiger partial charge in [0.2, 0.25) is 0 Å². The average molecular weight is 303 g/mol. The van der Waals surface area contributed by atoms with E-state index in [1.165, 1.54) is 0 Å². The summed E-state index contributed by atoms with van der Waals surface area (Å²) >= 11 is 0. The standard InChI is InChI=1S/C17H21NO4/c19-16(20)14-8-13-7-6-12(14)9-15(13)18-17(21)22-10-11-4-2-1-3-5-11/h1-5,12-15H,6-10H2,(H,18,21)(H,19,20)/t12-,13-,14-,15-/m1/s1. The van der Waals surface area contributed by atoms with Crippen molar-refractivity contribution in [1.82, 2.24) is 5.32 Å². The molecule has 5 heteroatoms. The number of aliphatic carboxylic acids is 1. The minimum Gasteiger partial charge on any atom is -0.481 e. The Morgan fingerprint density at radius 2 is 1.86 bits per heavy atom. The van der Waals surface area contributed by atoms with Crippen LogP contribution >= 0.6 is 0 Å². The number of carboxylic acid groups (broad SMARTS) is 1. The van der Waals surface area contributed by atoms with Gasteiger partial charge in [0.1, 0.15) is 6.61 Å². The van der Waals surface area contributed by atoms with E-state index in [0.29, 0.717) is 6.42 Å². The van der Waals surface area contributed by atoms with Gasteiger partial charge in [-0.15, -0.1) is 0 Å². The first-order valence-electron chi connectivity index (χ1n) is 7.83. The molecule has 3 fully saturated rings. The monoisotopic (exact) mass is 303 g/mol. The van der Waals surface area contributed by atoms with Crippen molar-refractivity contribution in [3.63, 3.8) is 0 Å². The third-order valence-corrected chi connectivity index (χ3v) is 4.99. The van der Waals surface area contributed by atoms with E-state index in [-0.39, 0.29) is 30.4 Å². The van der Waals surface area contributed by atoms with E-state index in [9.17, 15) is 14.7 Å². The topological polar surface area (TPSA) is 75.6 Å². The van der Waals surface area contributed by atoms with Gasteiger partial charge in [-0.1, -0.05) is 30.3 Å². The van der Waals surface area contributed by atoms with Crippen molar-refractivity contribution in [2.24, 2.45) is 17.8 Å². The molecule has 3 aliphatic carbocycles. The lowest BCUT2D eigenvalue weighted by Gasteiger charge is -2.45. The summed E-state index contributed by atoms with van der Waals surface area (Å²) in [4.78, 5) is 23.1. The lowest BCUT2D eigenvalue weighted by Crippen LogP contribution is -2.51. The molecule has 1 amide bonds. The van der Waals surface area contributed by atoms with Gasteiger partial charge in [0.05, 0.1) is 5.92 Å². The van der Waals surface area contributed by atoms with Crippen molar-refractivity contribution in [2.45, 2.75) is 38.3 Å². The summed E-state index contributed by atoms with van der Waals surface area (Å²) in [6.07, 6.45) is 2.97. The molecule has 2 N–H and O–H groups in total. The molecule has 4 atom stereocenters. The molecule has 3 aliphatic rings. The first-order chi connectivity index (χ1) is 10.6. The first kappa shape index (κ1) is 14.9. The summed E-state index contributed by atoms with van der Waals surface area (Å²) in [5.74, 6) is -0.491. The number of carbonyl (C=O) groups excluding carboxylic acids is 1. The lowest BCUT2D eigenvalue weighted by molar-refractivity contribution is -0.148. The van der Waals surface area contributed by atoms with Crippen molar-refractivity contribution >= 4 is 12.1 Å². The summed E-state index contributed by atoms with van der Waals surface area (Å²) in [6.45, 7) is 0.255. The third-order valence-electron chi connectivity index (χ3n) is 4.99. The maximum atomic E-state index is 11.9. The number of benzene rings is 1. The fourth-order valence-corrected chi connectivity index (χ4v) is 3.83. The predicted octanol–water partition coefficient (Wildman–Crippen LogP) is 2.80. The second kappa shape index (κ2) is 6.38. The zero-order chi connectivity index (χ0) is 15.5. The van der Waals surface area contributed by atoms with Gasteiger partial charge in [-0.2, -0.15) is 0 Å². The van der Waals surface area contributed by atoms with Crippen LogP contribution in [0.4, 0.5) is 4.79 Å². The van der Waals surface area contributed by atoms with Crippen molar-refractivity contribution in [3.8, 4) is 0 Å². The number of amides is 1. The number of fused-ring (bicyclic) bond motifs is 3. The Kier molecular flexibility index (Phi) is 4.32. The van der Waals surface area contributed by atoms with Gasteiger partial charge in [0.25, 0.3) is 0 Å². The van der Waals surface area contributed by atoms with Crippen molar-refractivity contribution in [3.05, 3.63) is 35.9 Å². The molecule has 0 radical (unpaired) electrons. The van der Waals surface area contributed by atoms with Crippen LogP contribution < -0.4 is 5.32 Å². The molecule has 3 saturated carbocycles. The molecule has 1 aromatic rings. The molecule has 0 unspecified atom stereocenters. The smallest absolute Gasteiger partial charge is 0.407 e. The van der Waals surface area contributed by atoms with E-state index in [2.05, 4.69) is 5.32 Å². The number of rotatable bonds is 4. The molecule has 0 aromatic heterocycles. The van der Waals surface area contributed by atoms with Crippen LogP contribution in [0.25, 0.3) is 0 Å². The zero-order valence-corrected chi connectivity index (χ0v) is 12.4. The first-order valence-corrected chi connectivity index (χ1v) is 7.83. The van der Waals surface area contributed by atoms with Gasteiger partial charge in [-0.3, -0.25) is 4.79 Å². The maximum Gasteiger partial charge on any atom is 0.407 e. The van der Waals surface area contributed by atoms with E-state index >= 15 is 0 Å². The van der Waals surface area contributed by atoms with E-state index in [1.54, 1.807) is 0 Å². The van der Waals surface area contributed by atoms with Crippen LogP contribution in [0.5, 0.6) is 0 Å². The summed E-state index contributed by atoms with van der Waals surface area (Å²) in [6, 6.07) is 9.60. The quantitative estimate of drug-likeness (QED) is 0.897. The number of alkyl carbamates (subject to hydrolysis) is 1. The fraction of sp³-hybridized carbons (Fsp3) is 0.529. The Labute approximate surface area is 129 Å². The molecule has 118 valence electrons. The second-order valence-corrected chi connectivity index (χ2v) is 6.33. The van der Waals surface area contributed by atoms with Crippen molar-refractivity contribution < 1.29 is 19.4 Å². The third kappa shape index (κ3) is 3.24. The normalized spacial score (nSPS) is 29.8. The van der Waals surface area contributed by atoms with Gasteiger partial charge in [0, 0.05) is 6.04 Å². The Morgan fingerprint density at radius 3 is 2.50 bits per heavy atom. The maximum absolute atomic E-state index is 11.9. The van der Waals surface area contributed by atoms with Crippen LogP contribution in [0.2, 0.25) is 0 Å². The Hall–Kier alpha value is -2.04. The number of carboxylic acids is 1. The summed E-state index contributed by atoms with van der Waals surface area (Å²) < 4.78 is 5.25. The fourth-order valence-electron chi connectivity index (χ4n) is 3.83. The minimum absolute atomic E-state index is 0.0534.